The van der Waals surface area contributed by atoms with Crippen LogP contribution in [0.1, 0.15) is 22.3 Å². The van der Waals surface area contributed by atoms with Crippen molar-refractivity contribution in [3.05, 3.63) is 95.1 Å². The number of hydrogen-bond acceptors (Lipinski definition) is 2. The van der Waals surface area contributed by atoms with Gasteiger partial charge in [0, 0.05) is 22.7 Å². The molecule has 0 unspecified atom stereocenters. The molecule has 1 aliphatic rings. The molecule has 4 aromatic carbocycles. The quantitative estimate of drug-likeness (QED) is 0.178. The van der Waals surface area contributed by atoms with Crippen molar-refractivity contribution < 1.29 is 0 Å². The fourth-order valence-corrected chi connectivity index (χ4v) is 22.5. The summed E-state index contributed by atoms with van der Waals surface area (Å²) < 4.78 is 0. The van der Waals surface area contributed by atoms with Gasteiger partial charge in [-0.1, -0.05) is 103 Å². The maximum Gasteiger partial charge on any atom is 0.0829 e. The smallest absolute Gasteiger partial charge is 0.0829 e. The normalized spacial score (nSPS) is 17.1. The second-order valence-electron chi connectivity index (χ2n) is 13.3. The van der Waals surface area contributed by atoms with Crippen LogP contribution in [-0.2, 0) is 0 Å². The molecule has 0 amide bonds. The number of aryl methyl sites for hydroxylation is 4. The summed E-state index contributed by atoms with van der Waals surface area (Å²) in [7, 11) is -4.46. The summed E-state index contributed by atoms with van der Waals surface area (Å²) in [4.78, 5) is 0. The van der Waals surface area contributed by atoms with Gasteiger partial charge in [0.2, 0.25) is 0 Å². The Morgan fingerprint density at radius 2 is 0.625 bits per heavy atom. The highest BCUT2D eigenvalue weighted by Gasteiger charge is 2.36. The van der Waals surface area contributed by atoms with Crippen LogP contribution in [0.25, 0.3) is 0 Å². The topological polar surface area (TPSA) is 24.1 Å². The van der Waals surface area contributed by atoms with Crippen LogP contribution in [0.15, 0.2) is 72.8 Å². The van der Waals surface area contributed by atoms with Crippen LogP contribution in [0, 0.1) is 27.7 Å². The molecule has 0 aromatic heterocycles. The minimum atomic E-state index is -1.67. The van der Waals surface area contributed by atoms with E-state index in [2.05, 4.69) is 150 Å². The molecule has 4 aromatic rings. The molecule has 0 bridgehead atoms. The molecule has 2 N–H and O–H groups in total. The van der Waals surface area contributed by atoms with Crippen LogP contribution in [0.3, 0.4) is 0 Å². The Morgan fingerprint density at radius 3 is 0.825 bits per heavy atom. The molecule has 0 fully saturated rings. The van der Waals surface area contributed by atoms with Gasteiger partial charge in [-0.05, 0) is 95.4 Å². The van der Waals surface area contributed by atoms with E-state index in [9.17, 15) is 0 Å². The lowest BCUT2D eigenvalue weighted by Gasteiger charge is -2.37. The van der Waals surface area contributed by atoms with Crippen molar-refractivity contribution in [1.82, 2.24) is 0 Å². The van der Waals surface area contributed by atoms with Crippen molar-refractivity contribution in [3.63, 3.8) is 0 Å². The molecule has 0 aliphatic carbocycles. The number of nitrogens with one attached hydrogen (secondary N) is 2. The highest BCUT2D eigenvalue weighted by Crippen LogP contribution is 2.52. The van der Waals surface area contributed by atoms with E-state index >= 15 is 0 Å². The molecule has 208 valence electrons. The number of benzene rings is 4. The van der Waals surface area contributed by atoms with E-state index < -0.39 is 30.4 Å². The largest absolute Gasteiger partial charge is 0.354 e. The Hall–Kier alpha value is -2.23. The van der Waals surface area contributed by atoms with E-state index in [0.29, 0.717) is 0 Å². The molecule has 0 saturated heterocycles. The van der Waals surface area contributed by atoms with Crippen molar-refractivity contribution in [2.75, 3.05) is 10.6 Å². The fraction of sp³-hybridized carbons (Fsp3) is 0.294. The lowest BCUT2D eigenvalue weighted by molar-refractivity contribution is 1.44. The maximum absolute atomic E-state index is 4.09. The summed E-state index contributed by atoms with van der Waals surface area (Å²) in [5.41, 5.74) is 10.3. The van der Waals surface area contributed by atoms with Gasteiger partial charge in [-0.15, -0.1) is 0 Å². The Bertz CT molecular complexity index is 1360. The van der Waals surface area contributed by atoms with Crippen LogP contribution >= 0.6 is 14.9 Å². The molecular formula is C34H44N2P2Si2. The Kier molecular flexibility index (Phi) is 7.96. The first-order chi connectivity index (χ1) is 18.7. The van der Waals surface area contributed by atoms with Crippen molar-refractivity contribution in [3.8, 4) is 0 Å². The number of hydrogen-bond donors (Lipinski definition) is 2. The molecule has 6 heteroatoms. The molecule has 5 rings (SSSR count). The van der Waals surface area contributed by atoms with E-state index in [-0.39, 0.29) is 0 Å². The highest BCUT2D eigenvalue weighted by atomic mass is 31.4. The fourth-order valence-electron chi connectivity index (χ4n) is 5.78. The van der Waals surface area contributed by atoms with Crippen molar-refractivity contribution in [1.29, 1.82) is 0 Å². The molecular weight excluding hydrogens is 555 g/mol. The van der Waals surface area contributed by atoms with E-state index in [1.165, 1.54) is 66.2 Å². The van der Waals surface area contributed by atoms with Gasteiger partial charge in [0.05, 0.1) is 15.5 Å². The summed E-state index contributed by atoms with van der Waals surface area (Å²) in [5.74, 6) is 0. The summed E-state index contributed by atoms with van der Waals surface area (Å²) in [6.07, 6.45) is 0. The van der Waals surface area contributed by atoms with E-state index in [1.54, 1.807) is 0 Å². The molecule has 1 aliphatic heterocycles. The van der Waals surface area contributed by atoms with Gasteiger partial charge in [0.1, 0.15) is 0 Å². The minimum absolute atomic E-state index is 0.562. The standard InChI is InChI=1S/C34H44N2P2Si2/c1-23-11-15-31-27(19-23)35-28-20-24(2)12-16-32(28)38(40(8,9)10)34-18-14-26(4)22-30(34)36-29-21-25(3)13-17-33(29)37(31)39(5,6)7/h11-22,35-36H,1-10H3. The first-order valence-corrected chi connectivity index (χ1v) is 25.7. The van der Waals surface area contributed by atoms with Crippen LogP contribution in [-0.4, -0.2) is 15.5 Å². The van der Waals surface area contributed by atoms with Crippen molar-refractivity contribution >= 4 is 74.4 Å². The average molecular weight is 599 g/mol. The zero-order valence-corrected chi connectivity index (χ0v) is 29.6. The molecule has 0 saturated carbocycles. The van der Waals surface area contributed by atoms with E-state index in [1.807, 2.05) is 0 Å². The van der Waals surface area contributed by atoms with Crippen molar-refractivity contribution in [2.24, 2.45) is 0 Å². The molecule has 2 nitrogen and oxygen atoms in total. The summed E-state index contributed by atoms with van der Waals surface area (Å²) >= 11 is 0. The number of rotatable bonds is 2. The van der Waals surface area contributed by atoms with Crippen LogP contribution in [0.4, 0.5) is 22.7 Å². The van der Waals surface area contributed by atoms with Gasteiger partial charge in [-0.3, -0.25) is 0 Å². The first-order valence-electron chi connectivity index (χ1n) is 14.3. The van der Waals surface area contributed by atoms with Crippen LogP contribution in [0.2, 0.25) is 39.3 Å². The second-order valence-corrected chi connectivity index (χ2v) is 36.0. The molecule has 1 heterocycles. The third-order valence-corrected chi connectivity index (χ3v) is 24.6. The van der Waals surface area contributed by atoms with Gasteiger partial charge in [0.25, 0.3) is 0 Å². The summed E-state index contributed by atoms with van der Waals surface area (Å²) in [6.45, 7) is 24.1. The zero-order chi connectivity index (χ0) is 29.0. The lowest BCUT2D eigenvalue weighted by atomic mass is 10.2. The first kappa shape index (κ1) is 29.3. The lowest BCUT2D eigenvalue weighted by Crippen LogP contribution is -2.35. The van der Waals surface area contributed by atoms with Crippen molar-refractivity contribution in [2.45, 2.75) is 67.0 Å². The average Bonchev–Trinajstić information content (AvgIpc) is 2.82. The van der Waals surface area contributed by atoms with Crippen LogP contribution < -0.4 is 31.9 Å². The Morgan fingerprint density at radius 1 is 0.400 bits per heavy atom. The third-order valence-electron chi connectivity index (χ3n) is 7.45. The Labute approximate surface area is 246 Å². The SMILES string of the molecule is Cc1ccc2c(c1)Nc1cc(C)ccc1P([Si](C)(C)C)c1ccc(C)cc1Nc1cc(C)ccc1P2[Si](C)(C)C. The minimum Gasteiger partial charge on any atom is -0.354 e. The van der Waals surface area contributed by atoms with Gasteiger partial charge in [-0.2, -0.15) is 0 Å². The number of fused-ring (bicyclic) bond motifs is 4. The molecule has 0 atom stereocenters. The van der Waals surface area contributed by atoms with Gasteiger partial charge < -0.3 is 10.6 Å². The van der Waals surface area contributed by atoms with Gasteiger partial charge in [0.15, 0.2) is 0 Å². The highest BCUT2D eigenvalue weighted by molar-refractivity contribution is 8.05. The number of anilines is 4. The van der Waals surface area contributed by atoms with E-state index in [0.717, 1.165) is 0 Å². The van der Waals surface area contributed by atoms with Gasteiger partial charge in [-0.25, -0.2) is 0 Å². The predicted octanol–water partition coefficient (Wildman–Crippen LogP) is 9.26. The predicted molar refractivity (Wildman–Crippen MR) is 190 cm³/mol. The summed E-state index contributed by atoms with van der Waals surface area (Å²) in [5, 5.41) is 14.1. The zero-order valence-electron chi connectivity index (χ0n) is 25.8. The monoisotopic (exact) mass is 598 g/mol. The van der Waals surface area contributed by atoms with Gasteiger partial charge >= 0.3 is 0 Å². The molecule has 0 spiro atoms. The summed E-state index contributed by atoms with van der Waals surface area (Å²) in [6, 6.07) is 28.5. The second kappa shape index (κ2) is 10.9. The third kappa shape index (κ3) is 5.88. The molecule has 40 heavy (non-hydrogen) atoms. The Balaban J connectivity index is 1.92. The van der Waals surface area contributed by atoms with E-state index in [4.69, 9.17) is 0 Å². The van der Waals surface area contributed by atoms with Crippen LogP contribution in [0.5, 0.6) is 0 Å². The molecule has 0 radical (unpaired) electrons. The maximum atomic E-state index is 4.09.